The first kappa shape index (κ1) is 12.4. The van der Waals surface area contributed by atoms with Crippen molar-refractivity contribution in [3.05, 3.63) is 0 Å². The van der Waals surface area contributed by atoms with Crippen LogP contribution in [0.5, 0.6) is 0 Å². The van der Waals surface area contributed by atoms with Gasteiger partial charge in [-0.05, 0) is 26.3 Å². The van der Waals surface area contributed by atoms with E-state index in [0.29, 0.717) is 6.04 Å². The third-order valence-electron chi connectivity index (χ3n) is 2.07. The van der Waals surface area contributed by atoms with Crippen molar-refractivity contribution in [3.63, 3.8) is 0 Å². The van der Waals surface area contributed by atoms with E-state index < -0.39 is 0 Å². The van der Waals surface area contributed by atoms with E-state index in [1.165, 1.54) is 38.6 Å². The molecule has 0 aromatic heterocycles. The minimum atomic E-state index is 0.672. The number of halogens is 1. The first-order valence-electron chi connectivity index (χ1n) is 5.10. The molecule has 0 spiro atoms. The quantitative estimate of drug-likeness (QED) is 0.503. The molecule has 0 radical (unpaired) electrons. The third-order valence-corrected chi connectivity index (χ3v) is 2.52. The summed E-state index contributed by atoms with van der Waals surface area (Å²) >= 11 is 3.44. The Labute approximate surface area is 85.4 Å². The molecule has 0 aliphatic carbocycles. The van der Waals surface area contributed by atoms with Gasteiger partial charge in [0, 0.05) is 11.4 Å². The summed E-state index contributed by atoms with van der Waals surface area (Å²) in [5.74, 6) is 0. The highest BCUT2D eigenvalue weighted by atomic mass is 79.9. The van der Waals surface area contributed by atoms with Crippen LogP contribution in [0.2, 0.25) is 0 Å². The van der Waals surface area contributed by atoms with E-state index in [1.54, 1.807) is 0 Å². The minimum Gasteiger partial charge on any atom is -0.314 e. The molecule has 0 bridgehead atoms. The van der Waals surface area contributed by atoms with Gasteiger partial charge in [-0.3, -0.25) is 0 Å². The average molecular weight is 236 g/mol. The number of hydrogen-bond donors (Lipinski definition) is 1. The van der Waals surface area contributed by atoms with Crippen LogP contribution in [-0.2, 0) is 0 Å². The number of nitrogens with one attached hydrogen (secondary N) is 1. The maximum Gasteiger partial charge on any atom is 0.00466 e. The summed E-state index contributed by atoms with van der Waals surface area (Å²) in [6, 6.07) is 0.672. The Morgan fingerprint density at radius 3 is 2.58 bits per heavy atom. The fourth-order valence-corrected chi connectivity index (χ4v) is 1.85. The lowest BCUT2D eigenvalue weighted by Gasteiger charge is -2.11. The van der Waals surface area contributed by atoms with Crippen LogP contribution in [0.25, 0.3) is 0 Å². The monoisotopic (exact) mass is 235 g/mol. The van der Waals surface area contributed by atoms with Gasteiger partial charge in [0.1, 0.15) is 0 Å². The predicted octanol–water partition coefficient (Wildman–Crippen LogP) is 3.33. The van der Waals surface area contributed by atoms with Gasteiger partial charge in [0.2, 0.25) is 0 Å². The highest BCUT2D eigenvalue weighted by Crippen LogP contribution is 1.99. The summed E-state index contributed by atoms with van der Waals surface area (Å²) < 4.78 is 0. The molecule has 0 aliphatic rings. The summed E-state index contributed by atoms with van der Waals surface area (Å²) in [7, 11) is 0. The lowest BCUT2D eigenvalue weighted by Crippen LogP contribution is -2.27. The van der Waals surface area contributed by atoms with E-state index >= 15 is 0 Å². The second kappa shape index (κ2) is 9.53. The number of alkyl halides is 1. The molecule has 2 heteroatoms. The summed E-state index contributed by atoms with van der Waals surface area (Å²) in [5.41, 5.74) is 0. The highest BCUT2D eigenvalue weighted by Gasteiger charge is 1.97. The zero-order chi connectivity index (χ0) is 9.23. The third kappa shape index (κ3) is 8.54. The molecule has 0 amide bonds. The average Bonchev–Trinajstić information content (AvgIpc) is 2.05. The fourth-order valence-electron chi connectivity index (χ4n) is 1.17. The lowest BCUT2D eigenvalue weighted by atomic mass is 10.2. The Bertz CT molecular complexity index is 85.9. The molecule has 1 nitrogen and oxygen atoms in total. The van der Waals surface area contributed by atoms with Crippen LogP contribution in [0.4, 0.5) is 0 Å². The van der Waals surface area contributed by atoms with Crippen LogP contribution in [0.15, 0.2) is 0 Å². The molecule has 12 heavy (non-hydrogen) atoms. The van der Waals surface area contributed by atoms with Gasteiger partial charge in [-0.1, -0.05) is 42.1 Å². The van der Waals surface area contributed by atoms with Crippen molar-refractivity contribution in [2.45, 2.75) is 52.0 Å². The van der Waals surface area contributed by atoms with Gasteiger partial charge in [-0.25, -0.2) is 0 Å². The molecule has 0 saturated carbocycles. The van der Waals surface area contributed by atoms with Gasteiger partial charge in [0.25, 0.3) is 0 Å². The van der Waals surface area contributed by atoms with Crippen molar-refractivity contribution in [2.75, 3.05) is 11.9 Å². The van der Waals surface area contributed by atoms with Crippen LogP contribution >= 0.6 is 15.9 Å². The normalized spacial score (nSPS) is 13.2. The van der Waals surface area contributed by atoms with Crippen molar-refractivity contribution in [1.82, 2.24) is 5.32 Å². The van der Waals surface area contributed by atoms with Gasteiger partial charge in [0.05, 0.1) is 0 Å². The van der Waals surface area contributed by atoms with Crippen molar-refractivity contribution >= 4 is 15.9 Å². The van der Waals surface area contributed by atoms with Gasteiger partial charge in [0.15, 0.2) is 0 Å². The lowest BCUT2D eigenvalue weighted by molar-refractivity contribution is 0.513. The molecule has 1 unspecified atom stereocenters. The van der Waals surface area contributed by atoms with Crippen molar-refractivity contribution in [1.29, 1.82) is 0 Å². The first-order valence-corrected chi connectivity index (χ1v) is 6.22. The van der Waals surface area contributed by atoms with E-state index in [-0.39, 0.29) is 0 Å². The maximum absolute atomic E-state index is 3.51. The molecule has 74 valence electrons. The SMILES string of the molecule is CCCCCCNC(C)CCBr. The molecule has 0 heterocycles. The fraction of sp³-hybridized carbons (Fsp3) is 1.00. The molecule has 0 aliphatic heterocycles. The largest absolute Gasteiger partial charge is 0.314 e. The van der Waals surface area contributed by atoms with E-state index in [1.807, 2.05) is 0 Å². The summed E-state index contributed by atoms with van der Waals surface area (Å²) in [4.78, 5) is 0. The van der Waals surface area contributed by atoms with Crippen molar-refractivity contribution in [2.24, 2.45) is 0 Å². The molecule has 0 aromatic rings. The summed E-state index contributed by atoms with van der Waals surface area (Å²) in [6.07, 6.45) is 6.66. The maximum atomic E-state index is 3.51. The van der Waals surface area contributed by atoms with Gasteiger partial charge in [-0.2, -0.15) is 0 Å². The summed E-state index contributed by atoms with van der Waals surface area (Å²) in [5, 5.41) is 4.62. The van der Waals surface area contributed by atoms with Crippen molar-refractivity contribution in [3.8, 4) is 0 Å². The van der Waals surface area contributed by atoms with Crippen LogP contribution in [0.1, 0.15) is 46.0 Å². The van der Waals surface area contributed by atoms with Crippen LogP contribution in [-0.4, -0.2) is 17.9 Å². The van der Waals surface area contributed by atoms with Gasteiger partial charge < -0.3 is 5.32 Å². The van der Waals surface area contributed by atoms with Gasteiger partial charge in [-0.15, -0.1) is 0 Å². The van der Waals surface area contributed by atoms with Crippen LogP contribution in [0, 0.1) is 0 Å². The Kier molecular flexibility index (Phi) is 9.88. The van der Waals surface area contributed by atoms with Gasteiger partial charge >= 0.3 is 0 Å². The summed E-state index contributed by atoms with van der Waals surface area (Å²) in [6.45, 7) is 5.69. The smallest absolute Gasteiger partial charge is 0.00466 e. The zero-order valence-corrected chi connectivity index (χ0v) is 9.99. The molecular weight excluding hydrogens is 214 g/mol. The topological polar surface area (TPSA) is 12.0 Å². The molecule has 1 atom stereocenters. The van der Waals surface area contributed by atoms with E-state index in [4.69, 9.17) is 0 Å². The highest BCUT2D eigenvalue weighted by molar-refractivity contribution is 9.09. The van der Waals surface area contributed by atoms with Crippen LogP contribution in [0.3, 0.4) is 0 Å². The van der Waals surface area contributed by atoms with E-state index in [2.05, 4.69) is 35.1 Å². The minimum absolute atomic E-state index is 0.672. The van der Waals surface area contributed by atoms with Crippen LogP contribution < -0.4 is 5.32 Å². The molecule has 1 N–H and O–H groups in total. The predicted molar refractivity (Wildman–Crippen MR) is 60.0 cm³/mol. The standard InChI is InChI=1S/C10H22BrN/c1-3-4-5-6-9-12-10(2)7-8-11/h10,12H,3-9H2,1-2H3. The Balaban J connectivity index is 2.97. The molecule has 0 aromatic carbocycles. The molecule has 0 saturated heterocycles. The van der Waals surface area contributed by atoms with Crippen molar-refractivity contribution < 1.29 is 0 Å². The molecule has 0 fully saturated rings. The number of unbranched alkanes of at least 4 members (excludes halogenated alkanes) is 3. The Morgan fingerprint density at radius 1 is 1.25 bits per heavy atom. The number of hydrogen-bond acceptors (Lipinski definition) is 1. The molecule has 0 rings (SSSR count). The Hall–Kier alpha value is 0.440. The second-order valence-electron chi connectivity index (χ2n) is 3.39. The zero-order valence-electron chi connectivity index (χ0n) is 8.41. The Morgan fingerprint density at radius 2 is 2.00 bits per heavy atom. The van der Waals surface area contributed by atoms with E-state index in [9.17, 15) is 0 Å². The van der Waals surface area contributed by atoms with E-state index in [0.717, 1.165) is 5.33 Å². The number of rotatable bonds is 8. The first-order chi connectivity index (χ1) is 5.81. The second-order valence-corrected chi connectivity index (χ2v) is 4.19. The molecular formula is C10H22BrN.